The van der Waals surface area contributed by atoms with Crippen LogP contribution in [0.4, 0.5) is 0 Å². The van der Waals surface area contributed by atoms with E-state index in [0.29, 0.717) is 5.56 Å². The zero-order chi connectivity index (χ0) is 19.9. The van der Waals surface area contributed by atoms with Gasteiger partial charge in [-0.2, -0.15) is 0 Å². The van der Waals surface area contributed by atoms with Gasteiger partial charge >= 0.3 is 0 Å². The Bertz CT molecular complexity index is 1030. The van der Waals surface area contributed by atoms with Crippen LogP contribution >= 0.6 is 12.2 Å². The molecule has 2 amide bonds. The Morgan fingerprint density at radius 3 is 2.30 bits per heavy atom. The molecule has 2 N–H and O–H groups in total. The average molecular weight is 382 g/mol. The zero-order valence-corrected chi connectivity index (χ0v) is 15.7. The lowest BCUT2D eigenvalue weighted by molar-refractivity contribution is -0.255. The molecule has 3 rings (SSSR count). The summed E-state index contributed by atoms with van der Waals surface area (Å²) in [7, 11) is 0. The van der Waals surface area contributed by atoms with Crippen molar-refractivity contribution in [1.29, 1.82) is 0 Å². The molecule has 0 radical (unpaired) electrons. The van der Waals surface area contributed by atoms with Crippen LogP contribution in [0.3, 0.4) is 0 Å². The normalized spacial score (nSPS) is 14.0. The number of benzene rings is 1. The van der Waals surface area contributed by atoms with Crippen LogP contribution in [0.25, 0.3) is 11.8 Å². The summed E-state index contributed by atoms with van der Waals surface area (Å²) >= 11 is 4.79. The molecule has 1 aromatic carbocycles. The number of nitrogens with zero attached hydrogens (tertiary/aromatic N) is 1. The van der Waals surface area contributed by atoms with Crippen molar-refractivity contribution in [3.63, 3.8) is 0 Å². The van der Waals surface area contributed by atoms with E-state index in [9.17, 15) is 19.5 Å². The lowest BCUT2D eigenvalue weighted by Gasteiger charge is -2.16. The Hall–Kier alpha value is -3.26. The van der Waals surface area contributed by atoms with Crippen molar-refractivity contribution in [2.75, 3.05) is 0 Å². The molecule has 1 aliphatic rings. The second kappa shape index (κ2) is 6.81. The molecule has 1 aromatic heterocycles. The summed E-state index contributed by atoms with van der Waals surface area (Å²) in [6.45, 7) is 5.55. The highest BCUT2D eigenvalue weighted by Crippen LogP contribution is 2.25. The van der Waals surface area contributed by atoms with Crippen molar-refractivity contribution in [2.24, 2.45) is 0 Å². The van der Waals surface area contributed by atoms with E-state index in [1.165, 1.54) is 12.1 Å². The Kier molecular flexibility index (Phi) is 4.67. The van der Waals surface area contributed by atoms with Crippen molar-refractivity contribution >= 4 is 41.2 Å². The first-order valence-electron chi connectivity index (χ1n) is 8.08. The molecule has 1 fully saturated rings. The standard InChI is InChI=1S/C19H17N3O4S/c1-9-6-12(18(25)26)4-5-15(9)22-10(2)7-13(11(22)3)8-14-16(23)20-19(27)21-17(14)24/h4-8H,1-3H3,(H,25,26)(H2,20,21,23,24,27)/p-1. The summed E-state index contributed by atoms with van der Waals surface area (Å²) in [6.07, 6.45) is 1.51. The van der Waals surface area contributed by atoms with Gasteiger partial charge < -0.3 is 14.5 Å². The molecule has 0 aliphatic carbocycles. The largest absolute Gasteiger partial charge is 0.545 e. The minimum Gasteiger partial charge on any atom is -0.545 e. The Morgan fingerprint density at radius 2 is 1.74 bits per heavy atom. The fourth-order valence-electron chi connectivity index (χ4n) is 3.10. The summed E-state index contributed by atoms with van der Waals surface area (Å²) < 4.78 is 1.93. The monoisotopic (exact) mass is 382 g/mol. The Labute approximate surface area is 160 Å². The molecule has 7 nitrogen and oxygen atoms in total. The molecule has 0 bridgehead atoms. The van der Waals surface area contributed by atoms with Gasteiger partial charge in [0.05, 0.1) is 5.97 Å². The van der Waals surface area contributed by atoms with Crippen LogP contribution < -0.4 is 15.7 Å². The third kappa shape index (κ3) is 3.39. The highest BCUT2D eigenvalue weighted by molar-refractivity contribution is 7.80. The number of rotatable bonds is 3. The maximum Gasteiger partial charge on any atom is 0.263 e. The molecule has 1 saturated heterocycles. The van der Waals surface area contributed by atoms with Crippen molar-refractivity contribution in [2.45, 2.75) is 20.8 Å². The van der Waals surface area contributed by atoms with Gasteiger partial charge in [0.2, 0.25) is 0 Å². The second-order valence-electron chi connectivity index (χ2n) is 6.25. The molecule has 138 valence electrons. The number of amides is 2. The lowest BCUT2D eigenvalue weighted by atomic mass is 10.1. The van der Waals surface area contributed by atoms with Gasteiger partial charge in [0, 0.05) is 17.1 Å². The van der Waals surface area contributed by atoms with E-state index in [-0.39, 0.29) is 16.2 Å². The maximum atomic E-state index is 12.1. The number of hydrogen-bond acceptors (Lipinski definition) is 5. The topological polar surface area (TPSA) is 103 Å². The molecular formula is C19H16N3O4S-. The third-order valence-electron chi connectivity index (χ3n) is 4.39. The number of carboxylic acids is 1. The molecule has 8 heteroatoms. The van der Waals surface area contributed by atoms with E-state index >= 15 is 0 Å². The molecule has 0 saturated carbocycles. The number of hydrogen-bond donors (Lipinski definition) is 2. The van der Waals surface area contributed by atoms with E-state index in [2.05, 4.69) is 10.6 Å². The Morgan fingerprint density at radius 1 is 1.11 bits per heavy atom. The van der Waals surface area contributed by atoms with Gasteiger partial charge in [-0.25, -0.2) is 0 Å². The van der Waals surface area contributed by atoms with Gasteiger partial charge in [0.25, 0.3) is 11.8 Å². The molecule has 1 aliphatic heterocycles. The smallest absolute Gasteiger partial charge is 0.263 e. The van der Waals surface area contributed by atoms with Gasteiger partial charge in [-0.15, -0.1) is 0 Å². The minimum absolute atomic E-state index is 0.0174. The maximum absolute atomic E-state index is 12.1. The van der Waals surface area contributed by atoms with Crippen molar-refractivity contribution in [3.8, 4) is 5.69 Å². The third-order valence-corrected chi connectivity index (χ3v) is 4.59. The summed E-state index contributed by atoms with van der Waals surface area (Å²) in [4.78, 5) is 35.1. The summed E-state index contributed by atoms with van der Waals surface area (Å²) in [6, 6.07) is 6.58. The van der Waals surface area contributed by atoms with Crippen LogP contribution in [-0.2, 0) is 9.59 Å². The predicted octanol–water partition coefficient (Wildman–Crippen LogP) is 0.680. The highest BCUT2D eigenvalue weighted by atomic mass is 32.1. The van der Waals surface area contributed by atoms with Crippen LogP contribution in [0, 0.1) is 20.8 Å². The van der Waals surface area contributed by atoms with Crippen LogP contribution in [0.1, 0.15) is 32.9 Å². The molecule has 27 heavy (non-hydrogen) atoms. The molecule has 0 spiro atoms. The fraction of sp³-hybridized carbons (Fsp3) is 0.158. The fourth-order valence-corrected chi connectivity index (χ4v) is 3.29. The predicted molar refractivity (Wildman–Crippen MR) is 101 cm³/mol. The van der Waals surface area contributed by atoms with Crippen LogP contribution in [-0.4, -0.2) is 27.5 Å². The quantitative estimate of drug-likeness (QED) is 0.462. The first-order chi connectivity index (χ1) is 12.7. The second-order valence-corrected chi connectivity index (χ2v) is 6.65. The number of carbonyl (C=O) groups is 3. The number of aromatic nitrogens is 1. The van der Waals surface area contributed by atoms with Crippen LogP contribution in [0.15, 0.2) is 29.8 Å². The van der Waals surface area contributed by atoms with Crippen molar-refractivity contribution in [1.82, 2.24) is 15.2 Å². The van der Waals surface area contributed by atoms with E-state index in [1.807, 2.05) is 31.4 Å². The first kappa shape index (κ1) is 18.5. The van der Waals surface area contributed by atoms with E-state index in [1.54, 1.807) is 12.1 Å². The summed E-state index contributed by atoms with van der Waals surface area (Å²) in [5, 5.41) is 15.8. The highest BCUT2D eigenvalue weighted by Gasteiger charge is 2.26. The minimum atomic E-state index is -1.23. The molecule has 0 unspecified atom stereocenters. The number of carbonyl (C=O) groups excluding carboxylic acids is 3. The number of aromatic carboxylic acids is 1. The van der Waals surface area contributed by atoms with Crippen molar-refractivity contribution in [3.05, 3.63) is 57.9 Å². The van der Waals surface area contributed by atoms with Gasteiger partial charge in [-0.05, 0) is 74.0 Å². The van der Waals surface area contributed by atoms with Gasteiger partial charge in [0.1, 0.15) is 5.57 Å². The molecule has 2 aromatic rings. The SMILES string of the molecule is Cc1cc(C(=O)[O-])ccc1-n1c(C)cc(C=C2C(=O)NC(=S)NC2=O)c1C. The summed E-state index contributed by atoms with van der Waals surface area (Å²) in [5.41, 5.74) is 4.01. The van der Waals surface area contributed by atoms with Crippen LogP contribution in [0.5, 0.6) is 0 Å². The van der Waals surface area contributed by atoms with E-state index in [4.69, 9.17) is 12.2 Å². The average Bonchev–Trinajstić information content (AvgIpc) is 2.85. The van der Waals surface area contributed by atoms with Gasteiger partial charge in [-0.1, -0.05) is 6.07 Å². The summed E-state index contributed by atoms with van der Waals surface area (Å²) in [5.74, 6) is -2.34. The number of nitrogens with one attached hydrogen (secondary N) is 2. The zero-order valence-electron chi connectivity index (χ0n) is 14.9. The first-order valence-corrected chi connectivity index (χ1v) is 8.49. The molecule has 2 heterocycles. The number of thiocarbonyl (C=S) groups is 1. The van der Waals surface area contributed by atoms with E-state index < -0.39 is 17.8 Å². The number of carboxylic acid groups (broad SMARTS) is 1. The van der Waals surface area contributed by atoms with Gasteiger partial charge in [0.15, 0.2) is 5.11 Å². The number of aryl methyl sites for hydroxylation is 2. The molecular weight excluding hydrogens is 366 g/mol. The van der Waals surface area contributed by atoms with Crippen molar-refractivity contribution < 1.29 is 19.5 Å². The van der Waals surface area contributed by atoms with E-state index in [0.717, 1.165) is 22.6 Å². The molecule has 0 atom stereocenters. The van der Waals surface area contributed by atoms with Crippen LogP contribution in [0.2, 0.25) is 0 Å². The van der Waals surface area contributed by atoms with Gasteiger partial charge in [-0.3, -0.25) is 20.2 Å². The Balaban J connectivity index is 2.07. The lowest BCUT2D eigenvalue weighted by Crippen LogP contribution is -2.51.